The van der Waals surface area contributed by atoms with Gasteiger partial charge in [0.25, 0.3) is 9.05 Å². The largest absolute Gasteiger partial charge is 0.356 e. The molecule has 0 aliphatic heterocycles. The topological polar surface area (TPSA) is 87.7 Å². The number of aryl methyl sites for hydroxylation is 2. The molecule has 1 unspecified atom stereocenters. The average molecular weight is 431 g/mol. The van der Waals surface area contributed by atoms with Gasteiger partial charge in [-0.1, -0.05) is 6.07 Å². The molecule has 1 atom stereocenters. The van der Waals surface area contributed by atoms with Crippen LogP contribution >= 0.6 is 10.7 Å². The van der Waals surface area contributed by atoms with Crippen LogP contribution in [-0.4, -0.2) is 23.4 Å². The molecule has 0 aliphatic carbocycles. The van der Waals surface area contributed by atoms with E-state index in [1.165, 1.54) is 32.0 Å². The van der Waals surface area contributed by atoms with Gasteiger partial charge in [-0.05, 0) is 43.7 Å². The lowest BCUT2D eigenvalue weighted by Gasteiger charge is -2.18. The second-order valence-corrected chi connectivity index (χ2v) is 8.49. The quantitative estimate of drug-likeness (QED) is 0.598. The summed E-state index contributed by atoms with van der Waals surface area (Å²) in [5.41, 5.74) is 0.520. The van der Waals surface area contributed by atoms with Crippen LogP contribution in [0.4, 0.5) is 19.0 Å². The van der Waals surface area contributed by atoms with Crippen LogP contribution in [0.25, 0.3) is 0 Å². The molecule has 0 spiro atoms. The van der Waals surface area contributed by atoms with Gasteiger partial charge in [-0.3, -0.25) is 0 Å². The Morgan fingerprint density at radius 2 is 1.71 bits per heavy atom. The fourth-order valence-corrected chi connectivity index (χ4v) is 3.69. The highest BCUT2D eigenvalue weighted by molar-refractivity contribution is 8.13. The molecular formula is C17H14ClF3N4O2S. The van der Waals surface area contributed by atoms with E-state index < -0.39 is 32.5 Å². The van der Waals surface area contributed by atoms with Crippen LogP contribution in [0.2, 0.25) is 0 Å². The fraction of sp³-hybridized carbons (Fsp3) is 0.176. The number of aromatic nitrogens is 3. The number of rotatable bonds is 5. The van der Waals surface area contributed by atoms with Gasteiger partial charge in [0.1, 0.15) is 23.5 Å². The minimum absolute atomic E-state index is 0.0755. The maximum atomic E-state index is 13.8. The molecule has 0 amide bonds. The maximum absolute atomic E-state index is 13.8. The molecule has 0 aliphatic rings. The molecule has 1 aromatic carbocycles. The number of nitrogens with one attached hydrogen (secondary N) is 2. The summed E-state index contributed by atoms with van der Waals surface area (Å²) in [5, 5.41) is 2.53. The first kappa shape index (κ1) is 20.2. The maximum Gasteiger partial charge on any atom is 0.280 e. The van der Waals surface area contributed by atoms with Crippen LogP contribution in [0.5, 0.6) is 0 Å². The van der Waals surface area contributed by atoms with Crippen molar-refractivity contribution in [3.05, 3.63) is 70.6 Å². The van der Waals surface area contributed by atoms with Crippen molar-refractivity contribution in [2.24, 2.45) is 0 Å². The van der Waals surface area contributed by atoms with Crippen LogP contribution in [0.3, 0.4) is 0 Å². The lowest BCUT2D eigenvalue weighted by Crippen LogP contribution is -2.16. The first-order chi connectivity index (χ1) is 13.1. The molecule has 0 radical (unpaired) electrons. The Balaban J connectivity index is 2.11. The van der Waals surface area contributed by atoms with E-state index in [1.807, 2.05) is 0 Å². The van der Waals surface area contributed by atoms with Crippen molar-refractivity contribution < 1.29 is 21.6 Å². The predicted octanol–water partition coefficient (Wildman–Crippen LogP) is 3.97. The summed E-state index contributed by atoms with van der Waals surface area (Å²) < 4.78 is 63.9. The smallest absolute Gasteiger partial charge is 0.280 e. The van der Waals surface area contributed by atoms with Crippen molar-refractivity contribution in [1.29, 1.82) is 0 Å². The molecule has 28 heavy (non-hydrogen) atoms. The van der Waals surface area contributed by atoms with E-state index in [4.69, 9.17) is 10.7 Å². The molecule has 0 bridgehead atoms. The molecule has 2 aromatic heterocycles. The molecule has 2 N–H and O–H groups in total. The van der Waals surface area contributed by atoms with E-state index in [1.54, 1.807) is 0 Å². The van der Waals surface area contributed by atoms with Gasteiger partial charge in [-0.15, -0.1) is 0 Å². The van der Waals surface area contributed by atoms with Crippen LogP contribution in [0.15, 0.2) is 35.4 Å². The number of imidazole rings is 1. The van der Waals surface area contributed by atoms with Crippen molar-refractivity contribution in [1.82, 2.24) is 15.0 Å². The summed E-state index contributed by atoms with van der Waals surface area (Å²) in [5.74, 6) is -2.36. The van der Waals surface area contributed by atoms with Crippen molar-refractivity contribution >= 4 is 25.6 Å². The molecule has 0 saturated heterocycles. The van der Waals surface area contributed by atoms with Gasteiger partial charge in [-0.25, -0.2) is 31.6 Å². The molecule has 3 rings (SSSR count). The van der Waals surface area contributed by atoms with E-state index in [0.29, 0.717) is 0 Å². The Bertz CT molecular complexity index is 1150. The third kappa shape index (κ3) is 4.12. The number of hydrogen-bond donors (Lipinski definition) is 2. The van der Waals surface area contributed by atoms with E-state index in [9.17, 15) is 21.6 Å². The van der Waals surface area contributed by atoms with Crippen molar-refractivity contribution in [3.8, 4) is 0 Å². The summed E-state index contributed by atoms with van der Waals surface area (Å²) in [6.07, 6.45) is 0. The summed E-state index contributed by atoms with van der Waals surface area (Å²) in [6.45, 7) is 2.91. The zero-order valence-corrected chi connectivity index (χ0v) is 16.2. The fourth-order valence-electron chi connectivity index (χ4n) is 2.61. The molecule has 2 heterocycles. The zero-order valence-electron chi connectivity index (χ0n) is 14.6. The van der Waals surface area contributed by atoms with E-state index in [2.05, 4.69) is 20.3 Å². The Labute approximate surface area is 163 Å². The second kappa shape index (κ2) is 7.44. The molecule has 3 aromatic rings. The molecule has 11 heteroatoms. The first-order valence-electron chi connectivity index (χ1n) is 7.92. The van der Waals surface area contributed by atoms with Crippen molar-refractivity contribution in [2.75, 3.05) is 5.32 Å². The summed E-state index contributed by atoms with van der Waals surface area (Å²) >= 11 is 0. The Morgan fingerprint density at radius 3 is 2.29 bits per heavy atom. The van der Waals surface area contributed by atoms with E-state index in [0.717, 1.165) is 12.1 Å². The monoisotopic (exact) mass is 430 g/mol. The molecular weight excluding hydrogens is 417 g/mol. The van der Waals surface area contributed by atoms with Crippen LogP contribution in [-0.2, 0) is 9.05 Å². The van der Waals surface area contributed by atoms with Gasteiger partial charge in [0.15, 0.2) is 16.7 Å². The number of anilines is 1. The highest BCUT2D eigenvalue weighted by Crippen LogP contribution is 2.28. The highest BCUT2D eigenvalue weighted by Gasteiger charge is 2.25. The minimum Gasteiger partial charge on any atom is -0.356 e. The number of nitrogens with zero attached hydrogens (tertiary/aromatic N) is 2. The number of halogens is 4. The molecule has 0 saturated carbocycles. The lowest BCUT2D eigenvalue weighted by molar-refractivity contribution is 0.506. The number of H-pyrrole nitrogens is 1. The third-order valence-electron chi connectivity index (χ3n) is 3.95. The first-order valence-corrected chi connectivity index (χ1v) is 10.2. The lowest BCUT2D eigenvalue weighted by atomic mass is 10.1. The van der Waals surface area contributed by atoms with Gasteiger partial charge >= 0.3 is 0 Å². The van der Waals surface area contributed by atoms with Gasteiger partial charge in [0.05, 0.1) is 11.4 Å². The summed E-state index contributed by atoms with van der Waals surface area (Å²) in [7, 11) is 1.25. The Kier molecular flexibility index (Phi) is 5.35. The average Bonchev–Trinajstić information content (AvgIpc) is 3.00. The number of pyridine rings is 1. The summed E-state index contributed by atoms with van der Waals surface area (Å²) in [4.78, 5) is 10.8. The second-order valence-electron chi connectivity index (χ2n) is 6.00. The van der Waals surface area contributed by atoms with Gasteiger partial charge in [0, 0.05) is 10.7 Å². The van der Waals surface area contributed by atoms with Crippen LogP contribution in [0.1, 0.15) is 28.8 Å². The number of aromatic amines is 1. The Hall–Kier alpha value is -2.59. The molecule has 148 valence electrons. The van der Waals surface area contributed by atoms with Crippen molar-refractivity contribution in [2.45, 2.75) is 24.9 Å². The Morgan fingerprint density at radius 1 is 1.04 bits per heavy atom. The van der Waals surface area contributed by atoms with Gasteiger partial charge in [0.2, 0.25) is 0 Å². The predicted molar refractivity (Wildman–Crippen MR) is 97.1 cm³/mol. The SMILES string of the molecule is Cc1nc(NC(c2ccc(F)c(F)c2)c2nc(S(=O)(=O)Cl)c(C)[nH]2)ccc1F. The number of hydrogen-bond acceptors (Lipinski definition) is 5. The zero-order chi connectivity index (χ0) is 20.6. The van der Waals surface area contributed by atoms with Gasteiger partial charge in [-0.2, -0.15) is 0 Å². The van der Waals surface area contributed by atoms with E-state index >= 15 is 0 Å². The summed E-state index contributed by atoms with van der Waals surface area (Å²) in [6, 6.07) is 4.77. The van der Waals surface area contributed by atoms with Gasteiger partial charge < -0.3 is 10.3 Å². The van der Waals surface area contributed by atoms with E-state index in [-0.39, 0.29) is 33.6 Å². The molecule has 6 nitrogen and oxygen atoms in total. The molecule has 0 fully saturated rings. The standard InChI is InChI=1S/C17H14ClF3N4O2S/c1-8-11(19)5-6-14(22-8)24-15(10-3-4-12(20)13(21)7-10)16-23-9(2)17(25-16)28(18,26)27/h3-7,15H,1-2H3,(H,22,24)(H,23,25). The van der Waals surface area contributed by atoms with Crippen LogP contribution < -0.4 is 5.32 Å². The normalized spacial score (nSPS) is 12.8. The highest BCUT2D eigenvalue weighted by atomic mass is 35.7. The number of benzene rings is 1. The minimum atomic E-state index is -4.13. The van der Waals surface area contributed by atoms with Crippen LogP contribution in [0, 0.1) is 31.3 Å². The van der Waals surface area contributed by atoms with Crippen molar-refractivity contribution in [3.63, 3.8) is 0 Å². The third-order valence-corrected chi connectivity index (χ3v) is 5.25.